The Hall–Kier alpha value is -0.850. The minimum absolute atomic E-state index is 0.118. The van der Waals surface area contributed by atoms with E-state index in [1.807, 2.05) is 6.07 Å². The molecule has 0 aliphatic heterocycles. The summed E-state index contributed by atoms with van der Waals surface area (Å²) < 4.78 is 15.3. The Morgan fingerprint density at radius 2 is 1.39 bits per heavy atom. The summed E-state index contributed by atoms with van der Waals surface area (Å²) in [6, 6.07) is 4.28. The van der Waals surface area contributed by atoms with Crippen molar-refractivity contribution < 1.29 is 4.39 Å². The van der Waals surface area contributed by atoms with Crippen molar-refractivity contribution in [2.75, 3.05) is 0 Å². The van der Waals surface area contributed by atoms with E-state index in [0.717, 1.165) is 35.7 Å². The van der Waals surface area contributed by atoms with Crippen LogP contribution < -0.4 is 0 Å². The average molecular weight is 455 g/mol. The molecule has 1 aromatic carbocycles. The first-order valence-corrected chi connectivity index (χ1v) is 15.0. The fourth-order valence-corrected chi connectivity index (χ4v) is 7.68. The molecule has 0 bridgehead atoms. The van der Waals surface area contributed by atoms with Gasteiger partial charge in [-0.1, -0.05) is 90.5 Å². The van der Waals surface area contributed by atoms with Crippen molar-refractivity contribution in [3.8, 4) is 0 Å². The molecule has 1 heteroatoms. The fourth-order valence-electron chi connectivity index (χ4n) is 7.68. The van der Waals surface area contributed by atoms with Gasteiger partial charge in [0, 0.05) is 0 Å². The van der Waals surface area contributed by atoms with Crippen molar-refractivity contribution in [1.82, 2.24) is 0 Å². The Morgan fingerprint density at radius 1 is 0.697 bits per heavy atom. The van der Waals surface area contributed by atoms with Crippen molar-refractivity contribution >= 4 is 0 Å². The second-order valence-electron chi connectivity index (χ2n) is 12.2. The second-order valence-corrected chi connectivity index (χ2v) is 12.2. The lowest BCUT2D eigenvalue weighted by Gasteiger charge is -2.42. The van der Waals surface area contributed by atoms with E-state index in [-0.39, 0.29) is 5.82 Å². The summed E-state index contributed by atoms with van der Waals surface area (Å²) in [6.07, 6.45) is 25.6. The van der Waals surface area contributed by atoms with Crippen LogP contribution in [0.3, 0.4) is 0 Å². The highest BCUT2D eigenvalue weighted by Crippen LogP contribution is 2.49. The van der Waals surface area contributed by atoms with Gasteiger partial charge in [0.1, 0.15) is 5.82 Å². The molecule has 0 N–H and O–H groups in total. The molecular formula is C32H51F. The Labute approximate surface area is 204 Å². The standard InChI is InChI=1S/C32H51F/c1-3-5-7-8-10-12-24-13-15-27-21-29(18-17-26(27)19-24)31-22-28-16-14-25(11-9-6-4-2)20-30(28)23-32(31)33/h22-27,29H,3-21H2,1-2H3. The number of fused-ring (bicyclic) bond motifs is 2. The predicted molar refractivity (Wildman–Crippen MR) is 140 cm³/mol. The maximum Gasteiger partial charge on any atom is 0.126 e. The predicted octanol–water partition coefficient (Wildman–Crippen LogP) is 10.2. The van der Waals surface area contributed by atoms with Crippen LogP contribution in [0.5, 0.6) is 0 Å². The number of halogens is 1. The summed E-state index contributed by atoms with van der Waals surface area (Å²) in [6.45, 7) is 4.58. The van der Waals surface area contributed by atoms with Crippen molar-refractivity contribution in [3.05, 3.63) is 34.6 Å². The fraction of sp³-hybridized carbons (Fsp3) is 0.812. The number of hydrogen-bond donors (Lipinski definition) is 0. The van der Waals surface area contributed by atoms with Gasteiger partial charge >= 0.3 is 0 Å². The van der Waals surface area contributed by atoms with Crippen LogP contribution in [0.15, 0.2) is 12.1 Å². The molecule has 0 aromatic heterocycles. The first-order valence-electron chi connectivity index (χ1n) is 15.0. The van der Waals surface area contributed by atoms with Gasteiger partial charge in [-0.15, -0.1) is 0 Å². The van der Waals surface area contributed by atoms with Crippen molar-refractivity contribution in [1.29, 1.82) is 0 Å². The molecule has 0 radical (unpaired) electrons. The molecule has 0 amide bonds. The Bertz CT molecular complexity index is 721. The zero-order valence-electron chi connectivity index (χ0n) is 21.9. The van der Waals surface area contributed by atoms with Gasteiger partial charge in [0.2, 0.25) is 0 Å². The van der Waals surface area contributed by atoms with E-state index < -0.39 is 0 Å². The number of rotatable bonds is 11. The second kappa shape index (κ2) is 12.7. The van der Waals surface area contributed by atoms with Crippen molar-refractivity contribution in [3.63, 3.8) is 0 Å². The van der Waals surface area contributed by atoms with Gasteiger partial charge < -0.3 is 0 Å². The van der Waals surface area contributed by atoms with Crippen LogP contribution in [0.4, 0.5) is 4.39 Å². The Morgan fingerprint density at radius 3 is 2.24 bits per heavy atom. The van der Waals surface area contributed by atoms with Gasteiger partial charge in [0.25, 0.3) is 0 Å². The molecule has 5 atom stereocenters. The maximum absolute atomic E-state index is 15.3. The number of aryl methyl sites for hydroxylation is 1. The topological polar surface area (TPSA) is 0 Å². The van der Waals surface area contributed by atoms with Crippen LogP contribution in [-0.2, 0) is 12.8 Å². The molecule has 0 saturated heterocycles. The van der Waals surface area contributed by atoms with Gasteiger partial charge in [-0.25, -0.2) is 4.39 Å². The molecule has 3 aliphatic carbocycles. The van der Waals surface area contributed by atoms with E-state index in [9.17, 15) is 0 Å². The molecule has 1 aromatic rings. The summed E-state index contributed by atoms with van der Waals surface area (Å²) in [4.78, 5) is 0. The van der Waals surface area contributed by atoms with Crippen LogP contribution in [0, 0.1) is 29.5 Å². The minimum Gasteiger partial charge on any atom is -0.207 e. The van der Waals surface area contributed by atoms with E-state index in [1.165, 1.54) is 127 Å². The van der Waals surface area contributed by atoms with Crippen molar-refractivity contribution in [2.45, 2.75) is 142 Å². The molecule has 33 heavy (non-hydrogen) atoms. The van der Waals surface area contributed by atoms with E-state index in [0.29, 0.717) is 5.92 Å². The Kier molecular flexibility index (Phi) is 9.75. The van der Waals surface area contributed by atoms with Crippen LogP contribution >= 0.6 is 0 Å². The molecule has 0 heterocycles. The first kappa shape index (κ1) is 25.2. The molecule has 0 spiro atoms. The molecule has 2 saturated carbocycles. The molecule has 3 aliphatic rings. The third kappa shape index (κ3) is 6.85. The zero-order valence-corrected chi connectivity index (χ0v) is 21.9. The minimum atomic E-state index is 0.118. The quantitative estimate of drug-likeness (QED) is 0.292. The highest BCUT2D eigenvalue weighted by Gasteiger charge is 2.36. The Balaban J connectivity index is 1.28. The van der Waals surface area contributed by atoms with Crippen LogP contribution in [0.2, 0.25) is 0 Å². The van der Waals surface area contributed by atoms with Crippen molar-refractivity contribution in [2.24, 2.45) is 23.7 Å². The molecule has 0 nitrogen and oxygen atoms in total. The summed E-state index contributed by atoms with van der Waals surface area (Å²) >= 11 is 0. The highest BCUT2D eigenvalue weighted by atomic mass is 19.1. The molecule has 5 unspecified atom stereocenters. The molecule has 186 valence electrons. The summed E-state index contributed by atoms with van der Waals surface area (Å²) in [5, 5.41) is 0. The van der Waals surface area contributed by atoms with E-state index in [2.05, 4.69) is 19.9 Å². The van der Waals surface area contributed by atoms with Crippen LogP contribution in [-0.4, -0.2) is 0 Å². The first-order chi connectivity index (χ1) is 16.2. The lowest BCUT2D eigenvalue weighted by molar-refractivity contribution is 0.112. The molecule has 2 fully saturated rings. The van der Waals surface area contributed by atoms with E-state index in [1.54, 1.807) is 0 Å². The highest BCUT2D eigenvalue weighted by molar-refractivity contribution is 5.37. The SMILES string of the molecule is CCCCCCCC1CCC2CC(c3cc4c(cc3F)CC(CCCCC)CC4)CCC2C1. The van der Waals surface area contributed by atoms with Gasteiger partial charge in [-0.2, -0.15) is 0 Å². The number of unbranched alkanes of at least 4 members (excludes halogenated alkanes) is 6. The smallest absolute Gasteiger partial charge is 0.126 e. The van der Waals surface area contributed by atoms with Gasteiger partial charge in [0.15, 0.2) is 0 Å². The van der Waals surface area contributed by atoms with E-state index >= 15 is 4.39 Å². The largest absolute Gasteiger partial charge is 0.207 e. The number of benzene rings is 1. The van der Waals surface area contributed by atoms with Gasteiger partial charge in [-0.3, -0.25) is 0 Å². The van der Waals surface area contributed by atoms with E-state index in [4.69, 9.17) is 0 Å². The monoisotopic (exact) mass is 454 g/mol. The molecule has 4 rings (SSSR count). The number of hydrogen-bond acceptors (Lipinski definition) is 0. The lowest BCUT2D eigenvalue weighted by atomic mass is 9.63. The van der Waals surface area contributed by atoms with Crippen LogP contribution in [0.25, 0.3) is 0 Å². The summed E-state index contributed by atoms with van der Waals surface area (Å²) in [5.41, 5.74) is 3.89. The van der Waals surface area contributed by atoms with Gasteiger partial charge in [0.05, 0.1) is 0 Å². The summed E-state index contributed by atoms with van der Waals surface area (Å²) in [5.74, 6) is 4.15. The normalized spacial score (nSPS) is 29.5. The zero-order chi connectivity index (χ0) is 23.0. The van der Waals surface area contributed by atoms with Crippen LogP contribution in [0.1, 0.15) is 146 Å². The summed E-state index contributed by atoms with van der Waals surface area (Å²) in [7, 11) is 0. The third-order valence-corrected chi connectivity index (χ3v) is 9.74. The lowest BCUT2D eigenvalue weighted by Crippen LogP contribution is -2.31. The van der Waals surface area contributed by atoms with Gasteiger partial charge in [-0.05, 0) is 104 Å². The molecular weight excluding hydrogens is 403 g/mol. The third-order valence-electron chi connectivity index (χ3n) is 9.74. The maximum atomic E-state index is 15.3. The average Bonchev–Trinajstić information content (AvgIpc) is 2.83.